The molecule has 4 rings (SSSR count). The van der Waals surface area contributed by atoms with E-state index < -0.39 is 6.04 Å². The molecule has 1 N–H and O–H groups in total. The fraction of sp³-hybridized carbons (Fsp3) is 0.105. The zero-order chi connectivity index (χ0) is 21.1. The minimum Gasteiger partial charge on any atom is -0.324 e. The lowest BCUT2D eigenvalue weighted by Crippen LogP contribution is -2.29. The van der Waals surface area contributed by atoms with Crippen molar-refractivity contribution in [3.8, 4) is 0 Å². The van der Waals surface area contributed by atoms with Crippen LogP contribution in [-0.2, 0) is 4.79 Å². The van der Waals surface area contributed by atoms with E-state index in [0.29, 0.717) is 22.8 Å². The van der Waals surface area contributed by atoms with Crippen molar-refractivity contribution in [2.24, 2.45) is 15.3 Å². The maximum Gasteiger partial charge on any atom is 0.280 e. The third-order valence-corrected chi connectivity index (χ3v) is 4.43. The number of nitrogens with zero attached hydrogens (tertiary/aromatic N) is 7. The molecule has 1 aromatic heterocycles. The Hall–Kier alpha value is -3.43. The molecule has 1 unspecified atom stereocenters. The normalized spacial score (nSPS) is 16.2. The zero-order valence-corrected chi connectivity index (χ0v) is 17.1. The largest absolute Gasteiger partial charge is 0.324 e. The Bertz CT molecular complexity index is 1110. The number of para-hydroxylation sites is 1. The number of amides is 1. The summed E-state index contributed by atoms with van der Waals surface area (Å²) in [6.07, 6.45) is 0. The molecule has 11 heteroatoms. The quantitative estimate of drug-likeness (QED) is 0.573. The molecule has 9 nitrogen and oxygen atoms in total. The summed E-state index contributed by atoms with van der Waals surface area (Å²) in [5.74, 6) is -0.0249. The Morgan fingerprint density at radius 1 is 0.967 bits per heavy atom. The number of azo groups is 1. The summed E-state index contributed by atoms with van der Waals surface area (Å²) in [6.45, 7) is 1.75. The summed E-state index contributed by atoms with van der Waals surface area (Å²) >= 11 is 11.5. The van der Waals surface area contributed by atoms with Crippen LogP contribution in [-0.4, -0.2) is 32.6 Å². The van der Waals surface area contributed by atoms with Gasteiger partial charge < -0.3 is 5.32 Å². The summed E-state index contributed by atoms with van der Waals surface area (Å²) in [5, 5.41) is 17.0. The summed E-state index contributed by atoms with van der Waals surface area (Å²) in [5.41, 5.74) is 2.53. The SMILES string of the molecule is CC1=NN(c2ccccc2)C(=O)C1N=Nc1ccc(Nc2nc(Cl)nc(Cl)n2)cc1. The van der Waals surface area contributed by atoms with Crippen LogP contribution in [0.3, 0.4) is 0 Å². The van der Waals surface area contributed by atoms with Crippen molar-refractivity contribution in [2.45, 2.75) is 13.0 Å². The van der Waals surface area contributed by atoms with E-state index in [2.05, 4.69) is 35.6 Å². The molecule has 1 aliphatic rings. The highest BCUT2D eigenvalue weighted by molar-refractivity contribution is 6.31. The first-order valence-electron chi connectivity index (χ1n) is 8.79. The Kier molecular flexibility index (Phi) is 5.64. The van der Waals surface area contributed by atoms with E-state index in [-0.39, 0.29) is 22.4 Å². The molecule has 1 atom stereocenters. The van der Waals surface area contributed by atoms with Crippen LogP contribution in [0.5, 0.6) is 0 Å². The van der Waals surface area contributed by atoms with Crippen LogP contribution in [0.25, 0.3) is 0 Å². The third kappa shape index (κ3) is 4.42. The summed E-state index contributed by atoms with van der Waals surface area (Å²) in [4.78, 5) is 24.2. The van der Waals surface area contributed by atoms with Gasteiger partial charge in [0.1, 0.15) is 0 Å². The van der Waals surface area contributed by atoms with Gasteiger partial charge in [-0.15, -0.1) is 0 Å². The van der Waals surface area contributed by atoms with Gasteiger partial charge in [-0.2, -0.15) is 35.3 Å². The lowest BCUT2D eigenvalue weighted by Gasteiger charge is -2.11. The lowest BCUT2D eigenvalue weighted by molar-refractivity contribution is -0.117. The van der Waals surface area contributed by atoms with E-state index in [0.717, 1.165) is 0 Å². The second kappa shape index (κ2) is 8.52. The number of anilines is 3. The van der Waals surface area contributed by atoms with Crippen LogP contribution < -0.4 is 10.3 Å². The Morgan fingerprint density at radius 3 is 2.30 bits per heavy atom. The number of hydrogen-bond acceptors (Lipinski definition) is 8. The first-order chi connectivity index (χ1) is 14.5. The highest BCUT2D eigenvalue weighted by Gasteiger charge is 2.34. The van der Waals surface area contributed by atoms with Gasteiger partial charge in [0.05, 0.1) is 17.1 Å². The van der Waals surface area contributed by atoms with Crippen molar-refractivity contribution in [2.75, 3.05) is 10.3 Å². The van der Waals surface area contributed by atoms with Gasteiger partial charge >= 0.3 is 0 Å². The molecular formula is C19H14Cl2N8O. The molecule has 0 aliphatic carbocycles. The molecule has 0 radical (unpaired) electrons. The highest BCUT2D eigenvalue weighted by Crippen LogP contribution is 2.24. The average Bonchev–Trinajstić information content (AvgIpc) is 3.01. The van der Waals surface area contributed by atoms with Crippen LogP contribution in [0.1, 0.15) is 6.92 Å². The minimum atomic E-state index is -0.752. The number of carbonyl (C=O) groups is 1. The van der Waals surface area contributed by atoms with E-state index in [1.807, 2.05) is 30.3 Å². The fourth-order valence-electron chi connectivity index (χ4n) is 2.69. The monoisotopic (exact) mass is 440 g/mol. The number of hydrazone groups is 1. The topological polar surface area (TPSA) is 108 Å². The molecule has 0 fully saturated rings. The van der Waals surface area contributed by atoms with Crippen molar-refractivity contribution in [3.63, 3.8) is 0 Å². The number of aromatic nitrogens is 3. The van der Waals surface area contributed by atoms with Gasteiger partial charge in [0.2, 0.25) is 16.5 Å². The summed E-state index contributed by atoms with van der Waals surface area (Å²) in [6, 6.07) is 15.4. The number of nitrogens with one attached hydrogen (secondary N) is 1. The van der Waals surface area contributed by atoms with Crippen LogP contribution in [0, 0.1) is 0 Å². The predicted molar refractivity (Wildman–Crippen MR) is 115 cm³/mol. The third-order valence-electron chi connectivity index (χ3n) is 4.09. The second-order valence-corrected chi connectivity index (χ2v) is 6.89. The smallest absolute Gasteiger partial charge is 0.280 e. The van der Waals surface area contributed by atoms with E-state index in [1.165, 1.54) is 5.01 Å². The molecule has 1 aliphatic heterocycles. The molecule has 0 saturated heterocycles. The van der Waals surface area contributed by atoms with Gasteiger partial charge in [-0.05, 0) is 66.5 Å². The number of hydrogen-bond donors (Lipinski definition) is 1. The predicted octanol–water partition coefficient (Wildman–Crippen LogP) is 4.80. The number of rotatable bonds is 5. The number of carbonyl (C=O) groups excluding carboxylic acids is 1. The fourth-order valence-corrected chi connectivity index (χ4v) is 3.05. The first-order valence-corrected chi connectivity index (χ1v) is 9.54. The van der Waals surface area contributed by atoms with Crippen LogP contribution >= 0.6 is 23.2 Å². The van der Waals surface area contributed by atoms with Crippen LogP contribution in [0.4, 0.5) is 23.0 Å². The molecular weight excluding hydrogens is 427 g/mol. The molecule has 150 valence electrons. The molecule has 0 saturated carbocycles. The molecule has 30 heavy (non-hydrogen) atoms. The zero-order valence-electron chi connectivity index (χ0n) is 15.6. The molecule has 0 spiro atoms. The molecule has 1 amide bonds. The minimum absolute atomic E-state index is 0.00858. The summed E-state index contributed by atoms with van der Waals surface area (Å²) < 4.78 is 0. The highest BCUT2D eigenvalue weighted by atomic mass is 35.5. The molecule has 2 aromatic carbocycles. The van der Waals surface area contributed by atoms with E-state index >= 15 is 0 Å². The van der Waals surface area contributed by atoms with Gasteiger partial charge in [0.15, 0.2) is 6.04 Å². The Labute approximate surface area is 181 Å². The number of benzene rings is 2. The van der Waals surface area contributed by atoms with Crippen molar-refractivity contribution >= 4 is 57.8 Å². The summed E-state index contributed by atoms with van der Waals surface area (Å²) in [7, 11) is 0. The van der Waals surface area contributed by atoms with Gasteiger partial charge in [0.25, 0.3) is 5.91 Å². The average molecular weight is 441 g/mol. The lowest BCUT2D eigenvalue weighted by atomic mass is 10.2. The molecule has 3 aromatic rings. The van der Waals surface area contributed by atoms with Crippen molar-refractivity contribution < 1.29 is 4.79 Å². The van der Waals surface area contributed by atoms with Gasteiger partial charge in [-0.3, -0.25) is 4.79 Å². The maximum absolute atomic E-state index is 12.7. The number of halogens is 2. The molecule has 2 heterocycles. The van der Waals surface area contributed by atoms with Gasteiger partial charge in [-0.1, -0.05) is 18.2 Å². The van der Waals surface area contributed by atoms with Gasteiger partial charge in [-0.25, -0.2) is 0 Å². The first kappa shape index (κ1) is 19.9. The van der Waals surface area contributed by atoms with Crippen molar-refractivity contribution in [1.29, 1.82) is 0 Å². The van der Waals surface area contributed by atoms with Crippen LogP contribution in [0.15, 0.2) is 69.9 Å². The van der Waals surface area contributed by atoms with E-state index in [4.69, 9.17) is 23.2 Å². The maximum atomic E-state index is 12.7. The Balaban J connectivity index is 1.44. The van der Waals surface area contributed by atoms with Gasteiger partial charge in [0, 0.05) is 5.69 Å². The van der Waals surface area contributed by atoms with E-state index in [9.17, 15) is 4.79 Å². The van der Waals surface area contributed by atoms with Crippen LogP contribution in [0.2, 0.25) is 10.6 Å². The molecule has 0 bridgehead atoms. The Morgan fingerprint density at radius 2 is 1.63 bits per heavy atom. The second-order valence-electron chi connectivity index (χ2n) is 6.21. The van der Waals surface area contributed by atoms with Crippen molar-refractivity contribution in [3.05, 3.63) is 65.2 Å². The van der Waals surface area contributed by atoms with Crippen molar-refractivity contribution in [1.82, 2.24) is 15.0 Å². The standard InChI is InChI=1S/C19H14Cl2N8O/c1-11-15(16(30)29(28-11)14-5-3-2-4-6-14)27-26-13-9-7-12(8-10-13)22-19-24-17(20)23-18(21)25-19/h2-10,15H,1H3,(H,22,23,24,25). The van der Waals surface area contributed by atoms with E-state index in [1.54, 1.807) is 31.2 Å².